The molecule has 6 nitrogen and oxygen atoms in total. The summed E-state index contributed by atoms with van der Waals surface area (Å²) in [5.41, 5.74) is 0.916. The van der Waals surface area contributed by atoms with Gasteiger partial charge in [-0.15, -0.1) is 0 Å². The predicted molar refractivity (Wildman–Crippen MR) is 74.0 cm³/mol. The molecule has 1 heterocycles. The van der Waals surface area contributed by atoms with Crippen LogP contribution in [-0.2, 0) is 25.7 Å². The number of likely N-dealkylation sites (tertiary alicyclic amines) is 1. The number of piperidine rings is 1. The van der Waals surface area contributed by atoms with Crippen molar-refractivity contribution in [3.05, 3.63) is 35.9 Å². The minimum absolute atomic E-state index is 0.0168. The smallest absolute Gasteiger partial charge is 0.323 e. The molecule has 6 heteroatoms. The number of esters is 1. The fourth-order valence-electron chi connectivity index (χ4n) is 2.30. The van der Waals surface area contributed by atoms with E-state index in [4.69, 9.17) is 4.74 Å². The van der Waals surface area contributed by atoms with Crippen LogP contribution in [0.15, 0.2) is 30.3 Å². The molecule has 1 aliphatic heterocycles. The number of nitrogens with zero attached hydrogens (tertiary/aromatic N) is 1. The van der Waals surface area contributed by atoms with Crippen LogP contribution in [0, 0.1) is 0 Å². The molecule has 0 spiro atoms. The van der Waals surface area contributed by atoms with Gasteiger partial charge in [-0.25, -0.2) is 4.90 Å². The number of aliphatic hydroxyl groups excluding tert-OH is 1. The van der Waals surface area contributed by atoms with E-state index < -0.39 is 18.4 Å². The van der Waals surface area contributed by atoms with Gasteiger partial charge in [0.15, 0.2) is 0 Å². The lowest BCUT2D eigenvalue weighted by molar-refractivity contribution is -0.220. The van der Waals surface area contributed by atoms with Crippen LogP contribution in [0.4, 0.5) is 0 Å². The molecule has 0 radical (unpaired) electrons. The third kappa shape index (κ3) is 4.10. The second kappa shape index (κ2) is 7.31. The maximum absolute atomic E-state index is 11.7. The van der Waals surface area contributed by atoms with E-state index in [1.807, 2.05) is 30.3 Å². The van der Waals surface area contributed by atoms with Gasteiger partial charge in [-0.1, -0.05) is 30.3 Å². The number of aliphatic hydroxyl groups is 1. The molecule has 0 saturated carbocycles. The average Bonchev–Trinajstić information content (AvgIpc) is 2.52. The Labute approximate surface area is 123 Å². The van der Waals surface area contributed by atoms with E-state index in [2.05, 4.69) is 4.74 Å². The van der Waals surface area contributed by atoms with Crippen LogP contribution in [0.25, 0.3) is 0 Å². The van der Waals surface area contributed by atoms with Crippen LogP contribution in [0.1, 0.15) is 18.4 Å². The molecule has 1 aromatic rings. The largest absolute Gasteiger partial charge is 0.468 e. The zero-order valence-corrected chi connectivity index (χ0v) is 11.9. The molecule has 2 unspecified atom stereocenters. The Balaban J connectivity index is 1.97. The SMILES string of the molecule is COC(=O)C1CC(=O)CCN1C(O)OCc1ccccc1. The molecule has 114 valence electrons. The number of Topliss-reactive ketones (excluding diaryl/α,β-unsaturated/α-hetero) is 1. The maximum atomic E-state index is 11.7. The Hall–Kier alpha value is -1.76. The topological polar surface area (TPSA) is 76.1 Å². The Morgan fingerprint density at radius 3 is 2.81 bits per heavy atom. The summed E-state index contributed by atoms with van der Waals surface area (Å²) < 4.78 is 10.1. The molecule has 0 aromatic heterocycles. The molecule has 1 aromatic carbocycles. The molecule has 2 rings (SSSR count). The highest BCUT2D eigenvalue weighted by Gasteiger charge is 2.37. The van der Waals surface area contributed by atoms with Crippen molar-refractivity contribution in [3.63, 3.8) is 0 Å². The van der Waals surface area contributed by atoms with E-state index in [0.29, 0.717) is 6.42 Å². The molecule has 0 bridgehead atoms. The number of methoxy groups -OCH3 is 1. The molecule has 1 fully saturated rings. The third-order valence-corrected chi connectivity index (χ3v) is 3.47. The summed E-state index contributed by atoms with van der Waals surface area (Å²) in [5.74, 6) is -0.553. The van der Waals surface area contributed by atoms with Gasteiger partial charge in [0.2, 0.25) is 6.41 Å². The summed E-state index contributed by atoms with van der Waals surface area (Å²) in [7, 11) is 1.26. The summed E-state index contributed by atoms with van der Waals surface area (Å²) in [4.78, 5) is 24.7. The first-order valence-electron chi connectivity index (χ1n) is 6.80. The Kier molecular flexibility index (Phi) is 5.44. The first-order valence-corrected chi connectivity index (χ1v) is 6.80. The monoisotopic (exact) mass is 293 g/mol. The molecule has 21 heavy (non-hydrogen) atoms. The highest BCUT2D eigenvalue weighted by Crippen LogP contribution is 2.19. The Morgan fingerprint density at radius 1 is 1.43 bits per heavy atom. The van der Waals surface area contributed by atoms with Crippen molar-refractivity contribution < 1.29 is 24.2 Å². The highest BCUT2D eigenvalue weighted by atomic mass is 16.6. The molecule has 0 aliphatic carbocycles. The van der Waals surface area contributed by atoms with E-state index in [9.17, 15) is 14.7 Å². The number of hydrogen-bond donors (Lipinski definition) is 1. The number of benzene rings is 1. The minimum Gasteiger partial charge on any atom is -0.468 e. The average molecular weight is 293 g/mol. The molecule has 1 aliphatic rings. The quantitative estimate of drug-likeness (QED) is 0.636. The van der Waals surface area contributed by atoms with E-state index >= 15 is 0 Å². The van der Waals surface area contributed by atoms with Crippen LogP contribution in [0.5, 0.6) is 0 Å². The highest BCUT2D eigenvalue weighted by molar-refractivity contribution is 5.87. The normalized spacial score (nSPS) is 21.0. The van der Waals surface area contributed by atoms with Gasteiger partial charge in [0.25, 0.3) is 0 Å². The van der Waals surface area contributed by atoms with Crippen molar-refractivity contribution >= 4 is 11.8 Å². The molecule has 1 saturated heterocycles. The molecular weight excluding hydrogens is 274 g/mol. The number of hydrogen-bond acceptors (Lipinski definition) is 6. The van der Waals surface area contributed by atoms with Crippen LogP contribution < -0.4 is 0 Å². The second-order valence-corrected chi connectivity index (χ2v) is 4.89. The fourth-order valence-corrected chi connectivity index (χ4v) is 2.30. The summed E-state index contributed by atoms with van der Waals surface area (Å²) in [6.07, 6.45) is -0.917. The molecule has 0 amide bonds. The lowest BCUT2D eigenvalue weighted by atomic mass is 10.0. The number of carbonyl (C=O) groups excluding carboxylic acids is 2. The Bertz CT molecular complexity index is 490. The Morgan fingerprint density at radius 2 is 2.14 bits per heavy atom. The van der Waals surface area contributed by atoms with Gasteiger partial charge < -0.3 is 14.6 Å². The fraction of sp³-hybridized carbons (Fsp3) is 0.467. The van der Waals surface area contributed by atoms with E-state index in [1.54, 1.807) is 0 Å². The number of ether oxygens (including phenoxy) is 2. The van der Waals surface area contributed by atoms with Gasteiger partial charge in [-0.05, 0) is 5.56 Å². The van der Waals surface area contributed by atoms with Gasteiger partial charge in [-0.2, -0.15) is 0 Å². The van der Waals surface area contributed by atoms with Crippen LogP contribution in [0.2, 0.25) is 0 Å². The van der Waals surface area contributed by atoms with Gasteiger partial charge in [0, 0.05) is 19.4 Å². The summed E-state index contributed by atoms with van der Waals surface area (Å²) >= 11 is 0. The van der Waals surface area contributed by atoms with Crippen molar-refractivity contribution in [3.8, 4) is 0 Å². The third-order valence-electron chi connectivity index (χ3n) is 3.47. The summed E-state index contributed by atoms with van der Waals surface area (Å²) in [5, 5.41) is 10.1. The minimum atomic E-state index is -1.25. The van der Waals surface area contributed by atoms with E-state index in [-0.39, 0.29) is 25.4 Å². The van der Waals surface area contributed by atoms with Crippen molar-refractivity contribution in [2.45, 2.75) is 31.9 Å². The number of carbonyl (C=O) groups is 2. The summed E-state index contributed by atoms with van der Waals surface area (Å²) in [6, 6.07) is 8.61. The van der Waals surface area contributed by atoms with E-state index in [1.165, 1.54) is 12.0 Å². The van der Waals surface area contributed by atoms with Crippen LogP contribution in [-0.4, -0.2) is 47.9 Å². The lowest BCUT2D eigenvalue weighted by Gasteiger charge is -2.35. The molecule has 2 atom stereocenters. The summed E-state index contributed by atoms with van der Waals surface area (Å²) in [6.45, 7) is 0.495. The lowest BCUT2D eigenvalue weighted by Crippen LogP contribution is -2.53. The van der Waals surface area contributed by atoms with Crippen molar-refractivity contribution in [2.75, 3.05) is 13.7 Å². The van der Waals surface area contributed by atoms with E-state index in [0.717, 1.165) is 5.56 Å². The van der Waals surface area contributed by atoms with Crippen LogP contribution in [0.3, 0.4) is 0 Å². The first kappa shape index (κ1) is 15.6. The number of ketones is 1. The first-order chi connectivity index (χ1) is 10.1. The van der Waals surface area contributed by atoms with Gasteiger partial charge in [0.1, 0.15) is 11.8 Å². The molecule has 1 N–H and O–H groups in total. The second-order valence-electron chi connectivity index (χ2n) is 4.89. The maximum Gasteiger partial charge on any atom is 0.323 e. The zero-order chi connectivity index (χ0) is 15.2. The van der Waals surface area contributed by atoms with Crippen molar-refractivity contribution in [2.24, 2.45) is 0 Å². The zero-order valence-electron chi connectivity index (χ0n) is 11.9. The standard InChI is InChI=1S/C15H19NO5/c1-20-14(18)13-9-12(17)7-8-16(13)15(19)21-10-11-5-3-2-4-6-11/h2-6,13,15,19H,7-10H2,1H3. The van der Waals surface area contributed by atoms with Crippen molar-refractivity contribution in [1.82, 2.24) is 4.90 Å². The van der Waals surface area contributed by atoms with Gasteiger partial charge in [-0.3, -0.25) is 9.59 Å². The van der Waals surface area contributed by atoms with Crippen molar-refractivity contribution in [1.29, 1.82) is 0 Å². The van der Waals surface area contributed by atoms with Crippen LogP contribution >= 0.6 is 0 Å². The molecular formula is C15H19NO5. The number of rotatable bonds is 5. The predicted octanol–water partition coefficient (Wildman–Crippen LogP) is 0.686. The van der Waals surface area contributed by atoms with Gasteiger partial charge in [0.05, 0.1) is 13.7 Å². The van der Waals surface area contributed by atoms with Gasteiger partial charge >= 0.3 is 5.97 Å².